The van der Waals surface area contributed by atoms with Crippen molar-refractivity contribution < 1.29 is 0 Å². The Bertz CT molecular complexity index is 272. The van der Waals surface area contributed by atoms with Gasteiger partial charge in [0.05, 0.1) is 0 Å². The molecule has 3 aliphatic rings. The van der Waals surface area contributed by atoms with Crippen molar-refractivity contribution in [3.8, 4) is 0 Å². The summed E-state index contributed by atoms with van der Waals surface area (Å²) < 4.78 is 0. The molecule has 110 valence electrons. The molecule has 3 unspecified atom stereocenters. The Balaban J connectivity index is 1.57. The molecule has 3 atom stereocenters. The van der Waals surface area contributed by atoms with Gasteiger partial charge in [-0.05, 0) is 64.0 Å². The second-order valence-electron chi connectivity index (χ2n) is 7.19. The Kier molecular flexibility index (Phi) is 4.81. The van der Waals surface area contributed by atoms with E-state index in [2.05, 4.69) is 17.3 Å². The first-order valence-corrected chi connectivity index (χ1v) is 8.80. The van der Waals surface area contributed by atoms with E-state index >= 15 is 0 Å². The predicted octanol–water partition coefficient (Wildman–Crippen LogP) is 3.42. The van der Waals surface area contributed by atoms with Crippen molar-refractivity contribution in [3.05, 3.63) is 0 Å². The molecule has 2 nitrogen and oxygen atoms in total. The van der Waals surface area contributed by atoms with Crippen LogP contribution in [0.5, 0.6) is 0 Å². The van der Waals surface area contributed by atoms with Crippen molar-refractivity contribution in [2.45, 2.75) is 76.3 Å². The second kappa shape index (κ2) is 6.58. The van der Waals surface area contributed by atoms with Crippen LogP contribution in [0.2, 0.25) is 0 Å². The summed E-state index contributed by atoms with van der Waals surface area (Å²) in [7, 11) is 2.17. The van der Waals surface area contributed by atoms with Gasteiger partial charge in [-0.25, -0.2) is 0 Å². The zero-order chi connectivity index (χ0) is 13.1. The number of nitrogens with one attached hydrogen (secondary N) is 1. The van der Waals surface area contributed by atoms with Gasteiger partial charge in [-0.15, -0.1) is 0 Å². The number of rotatable bonds is 4. The van der Waals surface area contributed by atoms with Crippen LogP contribution in [0.15, 0.2) is 0 Å². The standard InChI is InChI=1S/C17H32N2/c1-18-16-10-5-4-9-15(16)13-19-12-6-11-17(19)14-7-2-3-8-14/h14-18H,2-13H2,1H3. The molecule has 2 aliphatic carbocycles. The fourth-order valence-electron chi connectivity index (χ4n) is 5.06. The van der Waals surface area contributed by atoms with Crippen molar-refractivity contribution in [2.24, 2.45) is 11.8 Å². The average Bonchev–Trinajstić information content (AvgIpc) is 3.09. The molecule has 1 aliphatic heterocycles. The first-order chi connectivity index (χ1) is 9.38. The molecule has 0 aromatic carbocycles. The van der Waals surface area contributed by atoms with Gasteiger partial charge >= 0.3 is 0 Å². The van der Waals surface area contributed by atoms with Gasteiger partial charge in [0, 0.05) is 18.6 Å². The van der Waals surface area contributed by atoms with Crippen LogP contribution in [0.3, 0.4) is 0 Å². The van der Waals surface area contributed by atoms with Crippen LogP contribution in [-0.4, -0.2) is 37.1 Å². The molecule has 0 bridgehead atoms. The van der Waals surface area contributed by atoms with E-state index in [0.717, 1.165) is 23.9 Å². The zero-order valence-corrected chi connectivity index (χ0v) is 12.7. The van der Waals surface area contributed by atoms with Crippen molar-refractivity contribution in [1.82, 2.24) is 10.2 Å². The molecule has 0 aromatic heterocycles. The highest BCUT2D eigenvalue weighted by Crippen LogP contribution is 2.36. The van der Waals surface area contributed by atoms with Crippen molar-refractivity contribution in [1.29, 1.82) is 0 Å². The molecule has 2 saturated carbocycles. The number of nitrogens with zero attached hydrogens (tertiary/aromatic N) is 1. The van der Waals surface area contributed by atoms with Crippen molar-refractivity contribution >= 4 is 0 Å². The van der Waals surface area contributed by atoms with Crippen molar-refractivity contribution in [3.63, 3.8) is 0 Å². The van der Waals surface area contributed by atoms with Gasteiger partial charge < -0.3 is 5.32 Å². The topological polar surface area (TPSA) is 15.3 Å². The Morgan fingerprint density at radius 2 is 1.63 bits per heavy atom. The first-order valence-electron chi connectivity index (χ1n) is 8.80. The maximum atomic E-state index is 3.59. The monoisotopic (exact) mass is 264 g/mol. The van der Waals surface area contributed by atoms with Gasteiger partial charge in [-0.3, -0.25) is 4.90 Å². The quantitative estimate of drug-likeness (QED) is 0.837. The second-order valence-corrected chi connectivity index (χ2v) is 7.19. The highest BCUT2D eigenvalue weighted by Gasteiger charge is 2.35. The summed E-state index contributed by atoms with van der Waals surface area (Å²) >= 11 is 0. The molecule has 1 saturated heterocycles. The largest absolute Gasteiger partial charge is 0.317 e. The van der Waals surface area contributed by atoms with E-state index in [1.54, 1.807) is 0 Å². The third-order valence-electron chi connectivity index (χ3n) is 6.11. The predicted molar refractivity (Wildman–Crippen MR) is 81.4 cm³/mol. The van der Waals surface area contributed by atoms with Crippen LogP contribution in [0.1, 0.15) is 64.2 Å². The lowest BCUT2D eigenvalue weighted by Gasteiger charge is -2.37. The summed E-state index contributed by atoms with van der Waals surface area (Å²) in [4.78, 5) is 2.89. The zero-order valence-electron chi connectivity index (χ0n) is 12.7. The van der Waals surface area contributed by atoms with E-state index in [1.807, 2.05) is 0 Å². The number of hydrogen-bond donors (Lipinski definition) is 1. The van der Waals surface area contributed by atoms with Crippen LogP contribution < -0.4 is 5.32 Å². The molecule has 3 rings (SSSR count). The Labute approximate surface area is 119 Å². The molecule has 0 amide bonds. The van der Waals surface area contributed by atoms with Gasteiger partial charge in [0.25, 0.3) is 0 Å². The highest BCUT2D eigenvalue weighted by atomic mass is 15.2. The van der Waals surface area contributed by atoms with Gasteiger partial charge in [-0.1, -0.05) is 25.7 Å². The number of likely N-dealkylation sites (tertiary alicyclic amines) is 1. The van der Waals surface area contributed by atoms with Gasteiger partial charge in [0.15, 0.2) is 0 Å². The molecular weight excluding hydrogens is 232 g/mol. The summed E-state index contributed by atoms with van der Waals surface area (Å²) in [5, 5.41) is 3.59. The molecule has 2 heteroatoms. The maximum absolute atomic E-state index is 3.59. The van der Waals surface area contributed by atoms with Gasteiger partial charge in [0.2, 0.25) is 0 Å². The molecule has 0 spiro atoms. The van der Waals surface area contributed by atoms with E-state index < -0.39 is 0 Å². The molecule has 0 radical (unpaired) electrons. The maximum Gasteiger partial charge on any atom is 0.0124 e. The minimum absolute atomic E-state index is 0.790. The normalized spacial score (nSPS) is 38.1. The fraction of sp³-hybridized carbons (Fsp3) is 1.00. The third-order valence-corrected chi connectivity index (χ3v) is 6.11. The van der Waals surface area contributed by atoms with Gasteiger partial charge in [0.1, 0.15) is 0 Å². The Morgan fingerprint density at radius 3 is 2.42 bits per heavy atom. The van der Waals surface area contributed by atoms with E-state index in [-0.39, 0.29) is 0 Å². The van der Waals surface area contributed by atoms with Crippen LogP contribution in [-0.2, 0) is 0 Å². The highest BCUT2D eigenvalue weighted by molar-refractivity contribution is 4.90. The van der Waals surface area contributed by atoms with Crippen LogP contribution in [0.25, 0.3) is 0 Å². The van der Waals surface area contributed by atoms with E-state index in [0.29, 0.717) is 0 Å². The summed E-state index contributed by atoms with van der Waals surface area (Å²) in [6.07, 6.45) is 14.7. The minimum atomic E-state index is 0.790. The van der Waals surface area contributed by atoms with E-state index in [9.17, 15) is 0 Å². The minimum Gasteiger partial charge on any atom is -0.317 e. The van der Waals surface area contributed by atoms with Crippen LogP contribution in [0, 0.1) is 11.8 Å². The lowest BCUT2D eigenvalue weighted by Crippen LogP contribution is -2.45. The lowest BCUT2D eigenvalue weighted by atomic mass is 9.83. The SMILES string of the molecule is CNC1CCCCC1CN1CCCC1C1CCCC1. The molecule has 19 heavy (non-hydrogen) atoms. The molecule has 1 heterocycles. The number of hydrogen-bond acceptors (Lipinski definition) is 2. The molecular formula is C17H32N2. The lowest BCUT2D eigenvalue weighted by molar-refractivity contribution is 0.132. The summed E-state index contributed by atoms with van der Waals surface area (Å²) in [5.74, 6) is 1.96. The molecule has 1 N–H and O–H groups in total. The molecule has 3 fully saturated rings. The fourth-order valence-corrected chi connectivity index (χ4v) is 5.06. The Morgan fingerprint density at radius 1 is 0.895 bits per heavy atom. The van der Waals surface area contributed by atoms with Gasteiger partial charge in [-0.2, -0.15) is 0 Å². The average molecular weight is 264 g/mol. The third kappa shape index (κ3) is 3.16. The summed E-state index contributed by atoms with van der Waals surface area (Å²) in [6.45, 7) is 2.76. The van der Waals surface area contributed by atoms with Crippen molar-refractivity contribution in [2.75, 3.05) is 20.1 Å². The van der Waals surface area contributed by atoms with E-state index in [4.69, 9.17) is 0 Å². The van der Waals surface area contributed by atoms with Crippen LogP contribution in [0.4, 0.5) is 0 Å². The first kappa shape index (κ1) is 13.9. The van der Waals surface area contributed by atoms with Crippen LogP contribution >= 0.6 is 0 Å². The smallest absolute Gasteiger partial charge is 0.0124 e. The molecule has 0 aromatic rings. The Hall–Kier alpha value is -0.0800. The van der Waals surface area contributed by atoms with E-state index in [1.165, 1.54) is 77.3 Å². The summed E-state index contributed by atoms with van der Waals surface area (Å²) in [6, 6.07) is 1.74. The summed E-state index contributed by atoms with van der Waals surface area (Å²) in [5.41, 5.74) is 0.